The summed E-state index contributed by atoms with van der Waals surface area (Å²) in [5, 5.41) is 14.7. The van der Waals surface area contributed by atoms with Gasteiger partial charge in [0.1, 0.15) is 0 Å². The molecular formula is C27H35N5O2. The Morgan fingerprint density at radius 3 is 2.59 bits per heavy atom. The third-order valence-electron chi connectivity index (χ3n) is 7.68. The van der Waals surface area contributed by atoms with Crippen LogP contribution >= 0.6 is 0 Å². The zero-order valence-corrected chi connectivity index (χ0v) is 20.8. The Balaban J connectivity index is 1.71. The number of hydrogen-bond acceptors (Lipinski definition) is 4. The monoisotopic (exact) mass is 461 g/mol. The molecule has 2 unspecified atom stereocenters. The van der Waals surface area contributed by atoms with Gasteiger partial charge in [-0.05, 0) is 81.7 Å². The van der Waals surface area contributed by atoms with Gasteiger partial charge in [-0.15, -0.1) is 0 Å². The number of hydrogen-bond donors (Lipinski definition) is 3. The van der Waals surface area contributed by atoms with Gasteiger partial charge in [-0.1, -0.05) is 32.6 Å². The molecule has 2 aliphatic rings. The van der Waals surface area contributed by atoms with Crippen molar-refractivity contribution >= 4 is 23.0 Å². The average Bonchev–Trinajstić information content (AvgIpc) is 3.27. The van der Waals surface area contributed by atoms with Gasteiger partial charge in [0.25, 0.3) is 5.82 Å². The summed E-state index contributed by atoms with van der Waals surface area (Å²) in [5.74, 6) is -0.0528. The van der Waals surface area contributed by atoms with Gasteiger partial charge < -0.3 is 20.2 Å². The Morgan fingerprint density at radius 2 is 2.00 bits per heavy atom. The van der Waals surface area contributed by atoms with Crippen molar-refractivity contribution in [2.24, 2.45) is 5.41 Å². The minimum atomic E-state index is -0.914. The Hall–Kier alpha value is -2.95. The van der Waals surface area contributed by atoms with Crippen molar-refractivity contribution in [1.29, 1.82) is 0 Å². The minimum Gasteiger partial charge on any atom is -0.385 e. The number of aliphatic hydroxyl groups is 1. The van der Waals surface area contributed by atoms with E-state index >= 15 is 0 Å². The Morgan fingerprint density at radius 1 is 1.29 bits per heavy atom. The van der Waals surface area contributed by atoms with Crippen LogP contribution in [0.2, 0.25) is 0 Å². The normalized spacial score (nSPS) is 27.0. The molecule has 1 fully saturated rings. The van der Waals surface area contributed by atoms with E-state index < -0.39 is 5.60 Å². The first-order chi connectivity index (χ1) is 16.0. The number of nitrogens with one attached hydrogen (secondary N) is 2. The minimum absolute atomic E-state index is 0.108. The van der Waals surface area contributed by atoms with Crippen LogP contribution in [0.3, 0.4) is 0 Å². The summed E-state index contributed by atoms with van der Waals surface area (Å²) in [6.07, 6.45) is 7.90. The molecule has 1 aliphatic heterocycles. The highest BCUT2D eigenvalue weighted by atomic mass is 16.3. The number of allylic oxidation sites excluding steroid dienone is 2. The van der Waals surface area contributed by atoms with Gasteiger partial charge in [0.2, 0.25) is 5.82 Å². The number of amides is 1. The van der Waals surface area contributed by atoms with Crippen LogP contribution in [0.15, 0.2) is 30.5 Å². The molecule has 1 amide bonds. The molecule has 0 bridgehead atoms. The number of anilines is 1. The smallest absolute Gasteiger partial charge is 0.314 e. The van der Waals surface area contributed by atoms with Gasteiger partial charge in [-0.3, -0.25) is 9.78 Å². The van der Waals surface area contributed by atoms with Crippen molar-refractivity contribution < 1.29 is 9.90 Å². The van der Waals surface area contributed by atoms with Crippen molar-refractivity contribution in [2.45, 2.75) is 77.5 Å². The lowest BCUT2D eigenvalue weighted by Crippen LogP contribution is -2.50. The maximum Gasteiger partial charge on any atom is 0.314 e. The first-order valence-electron chi connectivity index (χ1n) is 12.0. The molecule has 2 atom stereocenters. The van der Waals surface area contributed by atoms with Crippen LogP contribution in [-0.4, -0.2) is 45.0 Å². The van der Waals surface area contributed by atoms with Gasteiger partial charge in [0, 0.05) is 23.3 Å². The number of H-pyrrole nitrogens is 1. The highest BCUT2D eigenvalue weighted by Crippen LogP contribution is 2.43. The summed E-state index contributed by atoms with van der Waals surface area (Å²) in [7, 11) is 2.11. The number of piperidine rings is 1. The van der Waals surface area contributed by atoms with E-state index in [1.165, 1.54) is 11.8 Å². The molecule has 1 aliphatic carbocycles. The van der Waals surface area contributed by atoms with Crippen molar-refractivity contribution in [1.82, 2.24) is 14.9 Å². The fourth-order valence-corrected chi connectivity index (χ4v) is 5.21. The van der Waals surface area contributed by atoms with Crippen LogP contribution < -0.4 is 5.32 Å². The molecule has 2 aromatic rings. The maximum atomic E-state index is 12.9. The first kappa shape index (κ1) is 24.2. The second-order valence-corrected chi connectivity index (χ2v) is 10.8. The summed E-state index contributed by atoms with van der Waals surface area (Å²) < 4.78 is 0. The molecule has 1 aromatic carbocycles. The van der Waals surface area contributed by atoms with Crippen molar-refractivity contribution in [3.8, 4) is 0 Å². The number of likely N-dealkylation sites (tertiary alicyclic amines) is 1. The molecule has 1 aromatic heterocycles. The average molecular weight is 462 g/mol. The van der Waals surface area contributed by atoms with E-state index in [1.54, 1.807) is 0 Å². The Labute approximate surface area is 202 Å². The van der Waals surface area contributed by atoms with E-state index in [0.717, 1.165) is 30.4 Å². The summed E-state index contributed by atoms with van der Waals surface area (Å²) in [6, 6.07) is 6.43. The van der Waals surface area contributed by atoms with Gasteiger partial charge in [0.15, 0.2) is 0 Å². The van der Waals surface area contributed by atoms with E-state index in [2.05, 4.69) is 71.9 Å². The second kappa shape index (κ2) is 9.01. The number of aromatic amines is 1. The number of aromatic nitrogens is 2. The first-order valence-corrected chi connectivity index (χ1v) is 12.0. The van der Waals surface area contributed by atoms with E-state index in [9.17, 15) is 9.90 Å². The molecule has 1 saturated heterocycles. The van der Waals surface area contributed by atoms with Crippen LogP contribution in [0.4, 0.5) is 11.5 Å². The van der Waals surface area contributed by atoms with Crippen molar-refractivity contribution in [3.63, 3.8) is 0 Å². The fourth-order valence-electron chi connectivity index (χ4n) is 5.21. The van der Waals surface area contributed by atoms with Gasteiger partial charge in [-0.2, -0.15) is 0 Å². The highest BCUT2D eigenvalue weighted by molar-refractivity contribution is 6.03. The SMILES string of the molecule is [C-]#[N+]c1cnc(C(=O)Nc2ccc(C3(O)CC(C)N(C)C(C)C3)cc2C2=CCC(C)(C)CC2)[nH]1. The zero-order chi connectivity index (χ0) is 24.7. The molecule has 2 heterocycles. The summed E-state index contributed by atoms with van der Waals surface area (Å²) in [4.78, 5) is 25.2. The molecule has 34 heavy (non-hydrogen) atoms. The van der Waals surface area contributed by atoms with Crippen molar-refractivity contribution in [3.05, 3.63) is 58.8 Å². The predicted molar refractivity (Wildman–Crippen MR) is 135 cm³/mol. The van der Waals surface area contributed by atoms with Crippen LogP contribution in [0.1, 0.15) is 81.5 Å². The summed E-state index contributed by atoms with van der Waals surface area (Å²) >= 11 is 0. The Kier molecular flexibility index (Phi) is 6.41. The predicted octanol–water partition coefficient (Wildman–Crippen LogP) is 5.50. The van der Waals surface area contributed by atoms with E-state index in [1.807, 2.05) is 12.1 Å². The molecular weight excluding hydrogens is 426 g/mol. The molecule has 7 heteroatoms. The zero-order valence-electron chi connectivity index (χ0n) is 20.8. The van der Waals surface area contributed by atoms with Gasteiger partial charge in [-0.25, -0.2) is 4.98 Å². The summed E-state index contributed by atoms with van der Waals surface area (Å²) in [5.41, 5.74) is 3.07. The Bertz CT molecular complexity index is 1140. The fraction of sp³-hybridized carbons (Fsp3) is 0.519. The van der Waals surface area contributed by atoms with Gasteiger partial charge in [0.05, 0.1) is 11.8 Å². The van der Waals surface area contributed by atoms with E-state index in [-0.39, 0.29) is 35.0 Å². The topological polar surface area (TPSA) is 85.6 Å². The van der Waals surface area contributed by atoms with E-state index in [0.29, 0.717) is 18.5 Å². The quantitative estimate of drug-likeness (QED) is 0.525. The third kappa shape index (κ3) is 4.79. The lowest BCUT2D eigenvalue weighted by atomic mass is 9.75. The third-order valence-corrected chi connectivity index (χ3v) is 7.68. The molecule has 180 valence electrons. The number of nitrogens with zero attached hydrogens (tertiary/aromatic N) is 3. The van der Waals surface area contributed by atoms with Crippen LogP contribution in [0.5, 0.6) is 0 Å². The number of rotatable bonds is 4. The number of carbonyl (C=O) groups is 1. The molecule has 0 saturated carbocycles. The van der Waals surface area contributed by atoms with E-state index in [4.69, 9.17) is 6.57 Å². The van der Waals surface area contributed by atoms with Crippen LogP contribution in [0.25, 0.3) is 10.4 Å². The van der Waals surface area contributed by atoms with Gasteiger partial charge >= 0.3 is 5.91 Å². The lowest BCUT2D eigenvalue weighted by Gasteiger charge is -2.45. The standard InChI is InChI=1S/C27H35N5O2/c1-17-14-27(34,15-18(2)32(17)6)20-7-8-22(30-25(33)24-29-16-23(28-5)31-24)21(13-20)19-9-11-26(3,4)12-10-19/h7-9,13,16-18,34H,10-12,14-15H2,1-4,6H3,(H,29,31)(H,30,33). The van der Waals surface area contributed by atoms with Crippen LogP contribution in [-0.2, 0) is 5.60 Å². The largest absolute Gasteiger partial charge is 0.385 e. The molecule has 7 nitrogen and oxygen atoms in total. The van der Waals surface area contributed by atoms with Crippen LogP contribution in [0, 0.1) is 12.0 Å². The lowest BCUT2D eigenvalue weighted by molar-refractivity contribution is -0.0629. The second-order valence-electron chi connectivity index (χ2n) is 10.8. The maximum absolute atomic E-state index is 12.9. The number of imidazole rings is 1. The number of carbonyl (C=O) groups excluding carboxylic acids is 1. The number of benzene rings is 1. The highest BCUT2D eigenvalue weighted by Gasteiger charge is 2.40. The molecule has 3 N–H and O–H groups in total. The molecule has 0 radical (unpaired) electrons. The molecule has 4 rings (SSSR count). The summed E-state index contributed by atoms with van der Waals surface area (Å²) in [6.45, 7) is 15.9. The molecule has 0 spiro atoms. The van der Waals surface area contributed by atoms with Crippen molar-refractivity contribution in [2.75, 3.05) is 12.4 Å².